The Morgan fingerprint density at radius 2 is 1.89 bits per heavy atom. The van der Waals surface area contributed by atoms with E-state index in [0.29, 0.717) is 13.2 Å². The highest BCUT2D eigenvalue weighted by molar-refractivity contribution is 6.95. The van der Waals surface area contributed by atoms with Gasteiger partial charge in [0.1, 0.15) is 20.4 Å². The molecule has 2 rings (SSSR count). The van der Waals surface area contributed by atoms with Crippen LogP contribution in [-0.2, 0) is 11.3 Å². The maximum Gasteiger partial charge on any atom is 0.129 e. The number of hydrogen-bond acceptors (Lipinski definition) is 2. The van der Waals surface area contributed by atoms with Crippen molar-refractivity contribution in [2.75, 3.05) is 6.61 Å². The molecule has 100 valence electrons. The number of hydrogen-bond donors (Lipinski definition) is 0. The van der Waals surface area contributed by atoms with E-state index in [0.717, 1.165) is 5.76 Å². The summed E-state index contributed by atoms with van der Waals surface area (Å²) in [6, 6.07) is 14.4. The van der Waals surface area contributed by atoms with Crippen molar-refractivity contribution in [3.05, 3.63) is 66.3 Å². The Labute approximate surface area is 115 Å². The number of ether oxygens (including phenoxy) is 1. The fourth-order valence-corrected chi connectivity index (χ4v) is 3.81. The minimum Gasteiger partial charge on any atom is -0.467 e. The lowest BCUT2D eigenvalue weighted by molar-refractivity contribution is 0.129. The molecular formula is C16H20O2Si. The highest BCUT2D eigenvalue weighted by atomic mass is 28.3. The molecule has 0 atom stereocenters. The molecule has 1 aromatic heterocycles. The molecule has 0 aliphatic heterocycles. The maximum atomic E-state index is 5.69. The van der Waals surface area contributed by atoms with E-state index < -0.39 is 8.07 Å². The molecule has 0 N–H and O–H groups in total. The van der Waals surface area contributed by atoms with Crippen molar-refractivity contribution in [3.8, 4) is 0 Å². The minimum atomic E-state index is -1.65. The van der Waals surface area contributed by atoms with Crippen LogP contribution in [-0.4, -0.2) is 14.7 Å². The normalized spacial score (nSPS) is 11.5. The number of furan rings is 1. The summed E-state index contributed by atoms with van der Waals surface area (Å²) in [5, 5.41) is 2.59. The van der Waals surface area contributed by atoms with Gasteiger partial charge in [-0.05, 0) is 12.1 Å². The van der Waals surface area contributed by atoms with Gasteiger partial charge in [0.15, 0.2) is 0 Å². The Hall–Kier alpha value is -1.58. The van der Waals surface area contributed by atoms with Crippen LogP contribution in [0.4, 0.5) is 0 Å². The molecule has 0 spiro atoms. The first-order chi connectivity index (χ1) is 9.10. The summed E-state index contributed by atoms with van der Waals surface area (Å²) in [5.74, 6) is 0.854. The Bertz CT molecular complexity index is 515. The monoisotopic (exact) mass is 272 g/mol. The molecule has 0 aliphatic carbocycles. The second-order valence-electron chi connectivity index (χ2n) is 5.17. The zero-order valence-electron chi connectivity index (χ0n) is 11.6. The third kappa shape index (κ3) is 3.46. The van der Waals surface area contributed by atoms with E-state index in [-0.39, 0.29) is 0 Å². The average molecular weight is 272 g/mol. The van der Waals surface area contributed by atoms with Crippen molar-refractivity contribution in [2.24, 2.45) is 0 Å². The van der Waals surface area contributed by atoms with Crippen LogP contribution in [0.25, 0.3) is 0 Å². The van der Waals surface area contributed by atoms with E-state index in [4.69, 9.17) is 9.15 Å². The van der Waals surface area contributed by atoms with E-state index >= 15 is 0 Å². The third-order valence-electron chi connectivity index (χ3n) is 3.48. The Balaban J connectivity index is 1.92. The second kappa shape index (κ2) is 6.04. The van der Waals surface area contributed by atoms with Crippen LogP contribution < -0.4 is 5.19 Å². The smallest absolute Gasteiger partial charge is 0.129 e. The van der Waals surface area contributed by atoms with Crippen LogP contribution in [0.3, 0.4) is 0 Å². The highest BCUT2D eigenvalue weighted by Gasteiger charge is 2.26. The number of benzene rings is 1. The predicted molar refractivity (Wildman–Crippen MR) is 81.1 cm³/mol. The van der Waals surface area contributed by atoms with Gasteiger partial charge in [0.2, 0.25) is 0 Å². The van der Waals surface area contributed by atoms with Crippen molar-refractivity contribution >= 4 is 13.3 Å². The van der Waals surface area contributed by atoms with Crippen LogP contribution >= 0.6 is 0 Å². The first kappa shape index (κ1) is 13.8. The van der Waals surface area contributed by atoms with Gasteiger partial charge in [0, 0.05) is 0 Å². The molecule has 0 bridgehead atoms. The SMILES string of the molecule is C=C(COCc1ccco1)[Si](C)(C)c1ccccc1. The lowest BCUT2D eigenvalue weighted by Crippen LogP contribution is -2.44. The Morgan fingerprint density at radius 3 is 2.53 bits per heavy atom. The summed E-state index contributed by atoms with van der Waals surface area (Å²) >= 11 is 0. The molecular weight excluding hydrogens is 252 g/mol. The van der Waals surface area contributed by atoms with Crippen LogP contribution in [0, 0.1) is 0 Å². The van der Waals surface area contributed by atoms with Gasteiger partial charge in [-0.3, -0.25) is 0 Å². The molecule has 3 heteroatoms. The fraction of sp³-hybridized carbons (Fsp3) is 0.250. The average Bonchev–Trinajstić information content (AvgIpc) is 2.93. The topological polar surface area (TPSA) is 22.4 Å². The molecule has 1 aromatic carbocycles. The van der Waals surface area contributed by atoms with E-state index in [2.05, 4.69) is 43.9 Å². The molecule has 0 saturated carbocycles. The number of rotatable bonds is 6. The molecule has 19 heavy (non-hydrogen) atoms. The summed E-state index contributed by atoms with van der Waals surface area (Å²) in [7, 11) is -1.65. The quantitative estimate of drug-likeness (QED) is 0.751. The molecule has 2 nitrogen and oxygen atoms in total. The molecule has 0 amide bonds. The van der Waals surface area contributed by atoms with Crippen LogP contribution in [0.1, 0.15) is 5.76 Å². The zero-order valence-corrected chi connectivity index (χ0v) is 12.6. The van der Waals surface area contributed by atoms with Gasteiger partial charge < -0.3 is 9.15 Å². The zero-order chi connectivity index (χ0) is 13.7. The van der Waals surface area contributed by atoms with Gasteiger partial charge in [0.05, 0.1) is 12.9 Å². The molecule has 1 heterocycles. The van der Waals surface area contributed by atoms with E-state index in [1.807, 2.05) is 18.2 Å². The van der Waals surface area contributed by atoms with E-state index in [1.165, 1.54) is 10.4 Å². The molecule has 0 aliphatic rings. The largest absolute Gasteiger partial charge is 0.467 e. The van der Waals surface area contributed by atoms with Gasteiger partial charge in [-0.15, -0.1) is 6.58 Å². The van der Waals surface area contributed by atoms with Crippen molar-refractivity contribution in [3.63, 3.8) is 0 Å². The summed E-state index contributed by atoms with van der Waals surface area (Å²) in [4.78, 5) is 0. The maximum absolute atomic E-state index is 5.69. The Kier molecular flexibility index (Phi) is 4.40. The summed E-state index contributed by atoms with van der Waals surface area (Å²) in [6.45, 7) is 9.94. The molecule has 0 saturated heterocycles. The van der Waals surface area contributed by atoms with Gasteiger partial charge in [-0.2, -0.15) is 0 Å². The summed E-state index contributed by atoms with van der Waals surface area (Å²) in [6.07, 6.45) is 1.66. The van der Waals surface area contributed by atoms with Crippen molar-refractivity contribution in [1.82, 2.24) is 0 Å². The molecule has 2 aromatic rings. The van der Waals surface area contributed by atoms with Crippen molar-refractivity contribution in [1.29, 1.82) is 0 Å². The predicted octanol–water partition coefficient (Wildman–Crippen LogP) is 3.51. The standard InChI is InChI=1S/C16H20O2Si/c1-14(12-17-13-15-8-7-11-18-15)19(2,3)16-9-5-4-6-10-16/h4-11H,1,12-13H2,2-3H3. The first-order valence-corrected chi connectivity index (χ1v) is 9.44. The first-order valence-electron chi connectivity index (χ1n) is 6.44. The second-order valence-corrected chi connectivity index (χ2v) is 9.70. The summed E-state index contributed by atoms with van der Waals surface area (Å²) in [5.41, 5.74) is 0. The van der Waals surface area contributed by atoms with E-state index in [1.54, 1.807) is 6.26 Å². The summed E-state index contributed by atoms with van der Waals surface area (Å²) < 4.78 is 10.9. The highest BCUT2D eigenvalue weighted by Crippen LogP contribution is 2.14. The van der Waals surface area contributed by atoms with Gasteiger partial charge >= 0.3 is 0 Å². The molecule has 0 fully saturated rings. The third-order valence-corrected chi connectivity index (χ3v) is 7.17. The molecule has 0 radical (unpaired) electrons. The van der Waals surface area contributed by atoms with E-state index in [9.17, 15) is 0 Å². The van der Waals surface area contributed by atoms with Gasteiger partial charge in [-0.1, -0.05) is 53.8 Å². The van der Waals surface area contributed by atoms with Crippen LogP contribution in [0.2, 0.25) is 13.1 Å². The Morgan fingerprint density at radius 1 is 1.16 bits per heavy atom. The van der Waals surface area contributed by atoms with Gasteiger partial charge in [-0.25, -0.2) is 0 Å². The lowest BCUT2D eigenvalue weighted by Gasteiger charge is -2.25. The molecule has 0 unspecified atom stereocenters. The van der Waals surface area contributed by atoms with Crippen molar-refractivity contribution < 1.29 is 9.15 Å². The lowest BCUT2D eigenvalue weighted by atomic mass is 10.4. The fourth-order valence-electron chi connectivity index (χ4n) is 1.91. The van der Waals surface area contributed by atoms with Crippen LogP contribution in [0.5, 0.6) is 0 Å². The van der Waals surface area contributed by atoms with Crippen LogP contribution in [0.15, 0.2) is 64.9 Å². The van der Waals surface area contributed by atoms with Crippen molar-refractivity contribution in [2.45, 2.75) is 19.7 Å². The van der Waals surface area contributed by atoms with Gasteiger partial charge in [0.25, 0.3) is 0 Å². The minimum absolute atomic E-state index is 0.505.